The van der Waals surface area contributed by atoms with Crippen LogP contribution in [0.3, 0.4) is 0 Å². The summed E-state index contributed by atoms with van der Waals surface area (Å²) in [5, 5.41) is 1.13. The molecule has 0 bridgehead atoms. The van der Waals surface area contributed by atoms with Gasteiger partial charge in [0.25, 0.3) is 5.91 Å². The normalized spacial score (nSPS) is 19.0. The average molecular weight is 387 g/mol. The van der Waals surface area contributed by atoms with Crippen LogP contribution in [-0.2, 0) is 4.79 Å². The quantitative estimate of drug-likeness (QED) is 0.707. The molecule has 0 spiro atoms. The zero-order valence-electron chi connectivity index (χ0n) is 14.2. The molecule has 4 rings (SSSR count). The van der Waals surface area contributed by atoms with E-state index in [0.717, 1.165) is 11.3 Å². The number of rotatable bonds is 2. The number of thioether (sulfide) groups is 1. The van der Waals surface area contributed by atoms with E-state index in [9.17, 15) is 4.79 Å². The molecule has 0 aliphatic carbocycles. The highest BCUT2D eigenvalue weighted by Gasteiger charge is 2.30. The highest BCUT2D eigenvalue weighted by molar-refractivity contribution is 8.18. The summed E-state index contributed by atoms with van der Waals surface area (Å²) >= 11 is 7.63. The van der Waals surface area contributed by atoms with Crippen molar-refractivity contribution in [2.24, 2.45) is 4.99 Å². The van der Waals surface area contributed by atoms with Crippen LogP contribution in [0.5, 0.6) is 11.5 Å². The van der Waals surface area contributed by atoms with E-state index in [1.807, 2.05) is 31.2 Å². The van der Waals surface area contributed by atoms with Crippen molar-refractivity contribution in [2.45, 2.75) is 6.92 Å². The minimum atomic E-state index is -0.116. The number of carbonyl (C=O) groups is 1. The Labute approximate surface area is 160 Å². The molecule has 1 fully saturated rings. The van der Waals surface area contributed by atoms with Crippen molar-refractivity contribution < 1.29 is 14.3 Å². The molecule has 5 nitrogen and oxygen atoms in total. The number of fused-ring (bicyclic) bond motifs is 1. The Morgan fingerprint density at radius 2 is 1.88 bits per heavy atom. The zero-order chi connectivity index (χ0) is 18.3. The van der Waals surface area contributed by atoms with Gasteiger partial charge in [-0.15, -0.1) is 0 Å². The monoisotopic (exact) mass is 386 g/mol. The Kier molecular flexibility index (Phi) is 4.38. The lowest BCUT2D eigenvalue weighted by Crippen LogP contribution is -2.23. The van der Waals surface area contributed by atoms with Gasteiger partial charge in [0.2, 0.25) is 6.79 Å². The van der Waals surface area contributed by atoms with Gasteiger partial charge in [-0.25, -0.2) is 4.99 Å². The number of ether oxygens (including phenoxy) is 2. The zero-order valence-corrected chi connectivity index (χ0v) is 15.7. The maximum atomic E-state index is 12.6. The second-order valence-electron chi connectivity index (χ2n) is 5.93. The molecule has 0 unspecified atom stereocenters. The third-order valence-corrected chi connectivity index (χ3v) is 5.43. The fourth-order valence-corrected chi connectivity index (χ4v) is 3.75. The molecule has 7 heteroatoms. The summed E-state index contributed by atoms with van der Waals surface area (Å²) in [5.41, 5.74) is 2.67. The van der Waals surface area contributed by atoms with Crippen LogP contribution in [0.2, 0.25) is 5.02 Å². The summed E-state index contributed by atoms with van der Waals surface area (Å²) in [7, 11) is 1.71. The van der Waals surface area contributed by atoms with Crippen LogP contribution < -0.4 is 9.47 Å². The van der Waals surface area contributed by atoms with Crippen LogP contribution in [0.15, 0.2) is 46.3 Å². The fourth-order valence-electron chi connectivity index (χ4n) is 2.57. The highest BCUT2D eigenvalue weighted by Crippen LogP contribution is 2.39. The van der Waals surface area contributed by atoms with Gasteiger partial charge in [0, 0.05) is 13.1 Å². The van der Waals surface area contributed by atoms with E-state index < -0.39 is 0 Å². The first-order valence-corrected chi connectivity index (χ1v) is 9.13. The first-order chi connectivity index (χ1) is 12.5. The topological polar surface area (TPSA) is 51.1 Å². The first kappa shape index (κ1) is 17.0. The van der Waals surface area contributed by atoms with Crippen molar-refractivity contribution in [2.75, 3.05) is 13.8 Å². The third-order valence-electron chi connectivity index (χ3n) is 4.04. The number of likely N-dealkylation sites (N-methyl/N-ethyl adjacent to an activating group) is 1. The van der Waals surface area contributed by atoms with Crippen molar-refractivity contribution in [3.63, 3.8) is 0 Å². The Morgan fingerprint density at radius 1 is 1.19 bits per heavy atom. The van der Waals surface area contributed by atoms with Crippen molar-refractivity contribution in [1.82, 2.24) is 4.90 Å². The molecule has 2 aliphatic rings. The highest BCUT2D eigenvalue weighted by atomic mass is 35.5. The van der Waals surface area contributed by atoms with E-state index in [1.165, 1.54) is 16.7 Å². The number of hydrogen-bond acceptors (Lipinski definition) is 5. The molecular weight excluding hydrogens is 372 g/mol. The van der Waals surface area contributed by atoms with Gasteiger partial charge >= 0.3 is 0 Å². The van der Waals surface area contributed by atoms with Crippen molar-refractivity contribution in [3.05, 3.63) is 57.5 Å². The smallest absolute Gasteiger partial charge is 0.266 e. The minimum Gasteiger partial charge on any atom is -0.454 e. The molecule has 0 radical (unpaired) electrons. The molecule has 2 aromatic carbocycles. The maximum absolute atomic E-state index is 12.6. The number of amides is 1. The van der Waals surface area contributed by atoms with Crippen LogP contribution in [0.4, 0.5) is 5.69 Å². The van der Waals surface area contributed by atoms with Crippen LogP contribution in [0.1, 0.15) is 11.1 Å². The predicted octanol–water partition coefficient (Wildman–Crippen LogP) is 4.61. The Hall–Kier alpha value is -2.44. The van der Waals surface area contributed by atoms with E-state index in [4.69, 9.17) is 21.1 Å². The summed E-state index contributed by atoms with van der Waals surface area (Å²) in [6.45, 7) is 2.20. The number of aryl methyl sites for hydroxylation is 1. The van der Waals surface area contributed by atoms with Gasteiger partial charge in [0.15, 0.2) is 16.7 Å². The molecule has 1 amide bonds. The Morgan fingerprint density at radius 3 is 2.62 bits per heavy atom. The van der Waals surface area contributed by atoms with Gasteiger partial charge < -0.3 is 9.47 Å². The number of aliphatic imine (C=N–C) groups is 1. The van der Waals surface area contributed by atoms with Gasteiger partial charge in [-0.1, -0.05) is 29.3 Å². The third kappa shape index (κ3) is 3.18. The predicted molar refractivity (Wildman–Crippen MR) is 104 cm³/mol. The second kappa shape index (κ2) is 6.70. The molecule has 2 aromatic rings. The van der Waals surface area contributed by atoms with Gasteiger partial charge in [-0.05, 0) is 48.5 Å². The molecule has 0 N–H and O–H groups in total. The summed E-state index contributed by atoms with van der Waals surface area (Å²) in [6.07, 6.45) is 1.76. The minimum absolute atomic E-state index is 0.116. The molecular formula is C19H15ClN2O3S. The second-order valence-corrected chi connectivity index (χ2v) is 7.35. The molecule has 2 heterocycles. The van der Waals surface area contributed by atoms with Gasteiger partial charge in [0.1, 0.15) is 0 Å². The van der Waals surface area contributed by atoms with Crippen LogP contribution >= 0.6 is 23.4 Å². The van der Waals surface area contributed by atoms with Gasteiger partial charge in [0.05, 0.1) is 15.6 Å². The van der Waals surface area contributed by atoms with Crippen molar-refractivity contribution in [1.29, 1.82) is 0 Å². The van der Waals surface area contributed by atoms with E-state index in [0.29, 0.717) is 32.2 Å². The summed E-state index contributed by atoms with van der Waals surface area (Å²) in [4.78, 5) is 19.2. The lowest BCUT2D eigenvalue weighted by atomic mass is 10.2. The number of amidine groups is 1. The van der Waals surface area contributed by atoms with Crippen molar-refractivity contribution in [3.8, 4) is 11.5 Å². The molecule has 1 saturated heterocycles. The number of nitrogens with zero attached hydrogens (tertiary/aromatic N) is 2. The molecule has 26 heavy (non-hydrogen) atoms. The number of halogens is 1. The first-order valence-electron chi connectivity index (χ1n) is 7.93. The number of carbonyl (C=O) groups excluding carboxylic acids is 1. The van der Waals surface area contributed by atoms with E-state index in [-0.39, 0.29) is 12.7 Å². The lowest BCUT2D eigenvalue weighted by Gasteiger charge is -2.07. The van der Waals surface area contributed by atoms with E-state index >= 15 is 0 Å². The fraction of sp³-hybridized carbons (Fsp3) is 0.158. The SMILES string of the molecule is Cc1ccc(N=C2S/C(=C\c3cc4c(cc3Cl)OCO4)C(=O)N2C)cc1. The standard InChI is InChI=1S/C19H15ClN2O3S/c1-11-3-5-13(6-4-11)21-19-22(2)18(23)17(26-19)8-12-7-15-16(9-14(12)20)25-10-24-15/h3-9H,10H2,1-2H3/b17-8-,21-19?. The molecule has 2 aliphatic heterocycles. The largest absolute Gasteiger partial charge is 0.454 e. The number of hydrogen-bond donors (Lipinski definition) is 0. The van der Waals surface area contributed by atoms with E-state index in [1.54, 1.807) is 25.3 Å². The van der Waals surface area contributed by atoms with Crippen LogP contribution in [0, 0.1) is 6.92 Å². The molecule has 132 valence electrons. The molecule has 0 atom stereocenters. The summed E-state index contributed by atoms with van der Waals surface area (Å²) in [5.74, 6) is 1.12. The Balaban J connectivity index is 1.65. The van der Waals surface area contributed by atoms with Gasteiger partial charge in [-0.2, -0.15) is 0 Å². The van der Waals surface area contributed by atoms with E-state index in [2.05, 4.69) is 4.99 Å². The maximum Gasteiger partial charge on any atom is 0.266 e. The Bertz CT molecular complexity index is 954. The van der Waals surface area contributed by atoms with Crippen molar-refractivity contribution >= 4 is 46.2 Å². The average Bonchev–Trinajstić information content (AvgIpc) is 3.17. The number of benzene rings is 2. The van der Waals surface area contributed by atoms with Crippen LogP contribution in [0.25, 0.3) is 6.08 Å². The summed E-state index contributed by atoms with van der Waals surface area (Å²) in [6, 6.07) is 11.3. The molecule has 0 saturated carbocycles. The molecule has 0 aromatic heterocycles. The summed E-state index contributed by atoms with van der Waals surface area (Å²) < 4.78 is 10.7. The van der Waals surface area contributed by atoms with Crippen LogP contribution in [-0.4, -0.2) is 29.8 Å². The lowest BCUT2D eigenvalue weighted by molar-refractivity contribution is -0.121. The van der Waals surface area contributed by atoms with Gasteiger partial charge in [-0.3, -0.25) is 9.69 Å².